The molecule has 100 heavy (non-hydrogen) atoms. The molecule has 1 aromatic heterocycles. The number of carbonyl (C=O) groups is 11. The van der Waals surface area contributed by atoms with Gasteiger partial charge < -0.3 is 76.6 Å². The number of amides is 9. The molecule has 534 valence electrons. The van der Waals surface area contributed by atoms with Gasteiger partial charge in [-0.1, -0.05) is 48.5 Å². The van der Waals surface area contributed by atoms with E-state index in [1.807, 2.05) is 22.8 Å². The highest BCUT2D eigenvalue weighted by Crippen LogP contribution is 2.34. The Bertz CT molecular complexity index is 3900. The van der Waals surface area contributed by atoms with Crippen molar-refractivity contribution in [2.24, 2.45) is 11.7 Å². The van der Waals surface area contributed by atoms with Crippen molar-refractivity contribution in [3.05, 3.63) is 130 Å². The topological polar surface area (TPSA) is 357 Å². The minimum absolute atomic E-state index is 0.0355. The predicted molar refractivity (Wildman–Crippen MR) is 363 cm³/mol. The summed E-state index contributed by atoms with van der Waals surface area (Å²) in [5, 5.41) is 31.2. The first kappa shape index (κ1) is 73.1. The van der Waals surface area contributed by atoms with Gasteiger partial charge >= 0.3 is 0 Å². The van der Waals surface area contributed by atoms with Gasteiger partial charge in [0.1, 0.15) is 65.5 Å². The van der Waals surface area contributed by atoms with Gasteiger partial charge in [0.05, 0.1) is 32.0 Å². The molecule has 0 unspecified atom stereocenters. The average molecular weight is 1380 g/mol. The van der Waals surface area contributed by atoms with E-state index in [1.165, 1.54) is 42.9 Å². The van der Waals surface area contributed by atoms with E-state index in [2.05, 4.69) is 37.2 Å². The van der Waals surface area contributed by atoms with Crippen molar-refractivity contribution in [2.45, 2.75) is 178 Å². The lowest BCUT2D eigenvalue weighted by Crippen LogP contribution is -2.63. The number of rotatable bonds is 5. The Morgan fingerprint density at radius 2 is 1.48 bits per heavy atom. The molecule has 27 heteroatoms. The predicted octanol–water partition coefficient (Wildman–Crippen LogP) is 2.00. The van der Waals surface area contributed by atoms with Gasteiger partial charge in [-0.25, -0.2) is 4.39 Å². The van der Waals surface area contributed by atoms with E-state index in [0.29, 0.717) is 82.4 Å². The molecule has 2 saturated heterocycles. The van der Waals surface area contributed by atoms with Crippen molar-refractivity contribution in [1.29, 1.82) is 0 Å². The van der Waals surface area contributed by atoms with Crippen molar-refractivity contribution >= 4 is 75.6 Å². The number of nitrogens with zero attached hydrogens (tertiary/aromatic N) is 3. The first-order chi connectivity index (χ1) is 48.0. The highest BCUT2D eigenvalue weighted by atomic mass is 19.1. The fourth-order valence-electron chi connectivity index (χ4n) is 13.9. The number of hydrogen-bond acceptors (Lipinski definition) is 16. The first-order valence-corrected chi connectivity index (χ1v) is 34.4. The van der Waals surface area contributed by atoms with E-state index >= 15 is 28.4 Å². The van der Waals surface area contributed by atoms with E-state index < -0.39 is 144 Å². The number of nitrogens with one attached hydrogen (secondary N) is 7. The molecule has 0 spiro atoms. The van der Waals surface area contributed by atoms with Crippen LogP contribution >= 0.6 is 0 Å². The van der Waals surface area contributed by atoms with Crippen LogP contribution in [0.25, 0.3) is 10.9 Å². The monoisotopic (exact) mass is 1380 g/mol. The number of aliphatic hydroxyl groups is 1. The molecule has 11 bridgehead atoms. The highest BCUT2D eigenvalue weighted by Gasteiger charge is 2.50. The molecule has 10 N–H and O–H groups in total. The number of hydrogen-bond donors (Lipinski definition) is 9. The van der Waals surface area contributed by atoms with E-state index in [9.17, 15) is 33.9 Å². The molecule has 0 aliphatic carbocycles. The molecule has 9 amide bonds. The number of fused-ring (bicyclic) bond motifs is 11. The van der Waals surface area contributed by atoms with E-state index in [4.69, 9.17) is 19.9 Å². The van der Waals surface area contributed by atoms with Crippen molar-refractivity contribution in [3.63, 3.8) is 0 Å². The largest absolute Gasteiger partial charge is 0.497 e. The van der Waals surface area contributed by atoms with Crippen LogP contribution in [0.3, 0.4) is 0 Å². The van der Waals surface area contributed by atoms with Gasteiger partial charge in [0, 0.05) is 94.4 Å². The van der Waals surface area contributed by atoms with Gasteiger partial charge in [0.15, 0.2) is 5.78 Å². The number of aromatic nitrogens is 1. The molecule has 0 saturated carbocycles. The molecule has 5 aliphatic heterocycles. The number of Topliss-reactive ketones (excluding diaryl/α,β-unsaturated/α-hetero) is 2. The number of ketones is 2. The van der Waals surface area contributed by atoms with Crippen LogP contribution in [-0.2, 0) is 103 Å². The van der Waals surface area contributed by atoms with Crippen LogP contribution in [-0.4, -0.2) is 185 Å². The van der Waals surface area contributed by atoms with Gasteiger partial charge in [0.25, 0.3) is 0 Å². The fraction of sp³-hybridized carbons (Fsp3) is 0.493. The Kier molecular flexibility index (Phi) is 24.2. The van der Waals surface area contributed by atoms with Crippen molar-refractivity contribution in [2.75, 3.05) is 46.5 Å². The van der Waals surface area contributed by atoms with Crippen LogP contribution in [0, 0.1) is 11.7 Å². The molecule has 5 aromatic rings. The van der Waals surface area contributed by atoms with Crippen LogP contribution in [0.2, 0.25) is 0 Å². The lowest BCUT2D eigenvalue weighted by atomic mass is 9.88. The number of aliphatic hydroxyl groups excluding tert-OH is 1. The summed E-state index contributed by atoms with van der Waals surface area (Å²) in [4.78, 5) is 164. The van der Waals surface area contributed by atoms with E-state index in [-0.39, 0.29) is 96.4 Å². The van der Waals surface area contributed by atoms with Crippen molar-refractivity contribution < 1.29 is 76.4 Å². The minimum Gasteiger partial charge on any atom is -0.497 e. The number of halogens is 1. The van der Waals surface area contributed by atoms with Crippen molar-refractivity contribution in [3.8, 4) is 11.5 Å². The first-order valence-electron chi connectivity index (χ1n) is 34.4. The van der Waals surface area contributed by atoms with Crippen LogP contribution in [0.4, 0.5) is 4.39 Å². The Morgan fingerprint density at radius 1 is 0.710 bits per heavy atom. The highest BCUT2D eigenvalue weighted by molar-refractivity contribution is 6.00. The Labute approximate surface area is 579 Å². The van der Waals surface area contributed by atoms with Crippen LogP contribution in [0.5, 0.6) is 11.5 Å². The molecular weight excluding hydrogens is 1290 g/mol. The standard InChI is InChI=1S/C73H90FN11O15/c1-42-66(91)81-57(38-75)67(92)79-55-33-46-9-7-10-47(31-46)39-77-63(90)41-100-60-24-29-84-65(60)69(94)82-64(43(2)86)68(93)80-56(32-44-12-19-53(98-4)20-13-44)71(96)85-28-8-25-73(85,3)72(97)76-26-23-45-11-14-48(15-17-52(87)18-22-62(89)78-42)61(34-45)99-30-6-5-27-83-40-50(35-49(70(84)95)36-59(55)88)54-37-51(74)16-21-58(54)83/h7,9-14,16,19-21,31,34,37,40,42-43,49,55-57,60,64-65,86H,5-6,8,15,17-18,22-30,32-33,35-36,38-39,41,75H2,1-4H3,(H,76,97)(H,77,90)(H,78,89)(H,79,92)(H,80,93)(H,81,91)(H,82,94)/t42-,43+,49+,55-,56-,57+,60-,64+,65-,73-/m0/s1. The molecule has 0 radical (unpaired) electrons. The fourth-order valence-corrected chi connectivity index (χ4v) is 13.9. The molecule has 10 atom stereocenters. The third-order valence-electron chi connectivity index (χ3n) is 19.6. The lowest BCUT2D eigenvalue weighted by Gasteiger charge is -2.37. The maximum Gasteiger partial charge on any atom is 0.246 e. The normalized spacial score (nSPS) is 26.2. The summed E-state index contributed by atoms with van der Waals surface area (Å²) in [6, 6.07) is 14.4. The summed E-state index contributed by atoms with van der Waals surface area (Å²) >= 11 is 0. The maximum absolute atomic E-state index is 16.1. The molecule has 4 aromatic carbocycles. The van der Waals surface area contributed by atoms with Gasteiger partial charge in [-0.2, -0.15) is 0 Å². The zero-order chi connectivity index (χ0) is 71.4. The summed E-state index contributed by atoms with van der Waals surface area (Å²) in [6.45, 7) is 3.81. The molecule has 6 heterocycles. The Hall–Kier alpha value is -9.60. The second-order valence-corrected chi connectivity index (χ2v) is 26.9. The second-order valence-electron chi connectivity index (χ2n) is 26.9. The summed E-state index contributed by atoms with van der Waals surface area (Å²) in [7, 11) is 1.49. The summed E-state index contributed by atoms with van der Waals surface area (Å²) in [5.74, 6) is -8.73. The zero-order valence-corrected chi connectivity index (χ0v) is 56.9. The Balaban J connectivity index is 1.09. The minimum atomic E-state index is -1.82. The number of nitrogens with two attached hydrogens (primary N) is 1. The summed E-state index contributed by atoms with van der Waals surface area (Å²) in [5.41, 5.74) is 8.94. The maximum atomic E-state index is 16.1. The number of carbonyl (C=O) groups excluding carboxylic acids is 11. The van der Waals surface area contributed by atoms with Crippen LogP contribution in [0.1, 0.15) is 112 Å². The lowest BCUT2D eigenvalue weighted by molar-refractivity contribution is -0.148. The van der Waals surface area contributed by atoms with E-state index in [1.54, 1.807) is 67.7 Å². The third-order valence-corrected chi connectivity index (χ3v) is 19.6. The van der Waals surface area contributed by atoms with Gasteiger partial charge in [-0.05, 0) is 148 Å². The van der Waals surface area contributed by atoms with Crippen molar-refractivity contribution in [1.82, 2.24) is 51.6 Å². The van der Waals surface area contributed by atoms with Gasteiger partial charge in [-0.15, -0.1) is 0 Å². The number of aryl methyl sites for hydroxylation is 2. The smallest absolute Gasteiger partial charge is 0.246 e. The number of ether oxygens (including phenoxy) is 3. The molecule has 2 fully saturated rings. The van der Waals surface area contributed by atoms with Crippen LogP contribution < -0.4 is 52.4 Å². The van der Waals surface area contributed by atoms with Gasteiger partial charge in [0.2, 0.25) is 53.2 Å². The SMILES string of the molecule is COc1ccc(C[C@@H]2NC(=O)[C@@H]([C@@H](C)O)NC(=O)[C@@H]3[C@@H]4CCN3C(=O)[C@H]3CC(=O)[C@H](Cc5cccc(c5)CNC(=O)CO4)NC(=O)[C@@H](CN)NC(=O)[C@H](C)NC(=O)CCC(=O)CCc4ccc(cc4OCCCCn4cc(c5cc(F)ccc54)C3)CCNC(=O)[C@]3(C)CCCN3C2=O)cc1. The van der Waals surface area contributed by atoms with Crippen LogP contribution in [0.15, 0.2) is 91.1 Å². The number of benzene rings is 4. The summed E-state index contributed by atoms with van der Waals surface area (Å²) < 4.78 is 35.8. The molecule has 26 nitrogen and oxygen atoms in total. The molecule has 5 aliphatic rings. The van der Waals surface area contributed by atoms with Gasteiger partial charge in [-0.3, -0.25) is 52.7 Å². The molecular formula is C73H90FN11O15. The zero-order valence-electron chi connectivity index (χ0n) is 56.9. The Morgan fingerprint density at radius 3 is 2.25 bits per heavy atom. The molecule has 10 rings (SSSR count). The second kappa shape index (κ2) is 33.0. The average Bonchev–Trinajstić information content (AvgIpc) is 1.60. The summed E-state index contributed by atoms with van der Waals surface area (Å²) in [6.07, 6.45) is -0.482. The quantitative estimate of drug-likeness (QED) is 0.122. The van der Waals surface area contributed by atoms with E-state index in [0.717, 1.165) is 5.56 Å². The third kappa shape index (κ3) is 17.9. The number of methoxy groups -OCH3 is 1.